The fourth-order valence-electron chi connectivity index (χ4n) is 3.71. The number of halogens is 2. The van der Waals surface area contributed by atoms with Crippen LogP contribution in [0.4, 0.5) is 5.69 Å². The monoisotopic (exact) mass is 569 g/mol. The molecule has 1 atom stereocenters. The lowest BCUT2D eigenvalue weighted by molar-refractivity contribution is 0.0827. The average molecular weight is 570 g/mol. The van der Waals surface area contributed by atoms with Crippen LogP contribution in [0, 0.1) is 0 Å². The largest absolute Gasteiger partial charge is 0.369 e. The Hall–Kier alpha value is -2.00. The van der Waals surface area contributed by atoms with E-state index in [9.17, 15) is 4.79 Å². The highest BCUT2D eigenvalue weighted by Crippen LogP contribution is 2.23. The van der Waals surface area contributed by atoms with Crippen LogP contribution in [-0.2, 0) is 6.42 Å². The summed E-state index contributed by atoms with van der Waals surface area (Å²) in [5.74, 6) is 0.854. The molecule has 3 rings (SSSR count). The zero-order chi connectivity index (χ0) is 22.2. The number of nitrogens with one attached hydrogen (secondary N) is 2. The summed E-state index contributed by atoms with van der Waals surface area (Å²) in [4.78, 5) is 20.9. The van der Waals surface area contributed by atoms with Gasteiger partial charge in [0.1, 0.15) is 0 Å². The van der Waals surface area contributed by atoms with E-state index in [2.05, 4.69) is 28.5 Å². The molecule has 0 spiro atoms. The molecule has 1 amide bonds. The molecule has 8 heteroatoms. The number of rotatable bonds is 7. The van der Waals surface area contributed by atoms with E-state index in [1.807, 2.05) is 42.5 Å². The lowest BCUT2D eigenvalue weighted by Gasteiger charge is -2.20. The fourth-order valence-corrected chi connectivity index (χ4v) is 3.90. The third-order valence-corrected chi connectivity index (χ3v) is 5.53. The van der Waals surface area contributed by atoms with E-state index in [-0.39, 0.29) is 29.9 Å². The Morgan fingerprint density at radius 2 is 2.00 bits per heavy atom. The van der Waals surface area contributed by atoms with Gasteiger partial charge in [0.25, 0.3) is 5.91 Å². The SMILES string of the molecule is CCNC(=NCCc1cccc(C(=O)N(C)C)c1)NC1CCN(c2cccc(Cl)c2)C1.I. The molecule has 6 nitrogen and oxygen atoms in total. The van der Waals surface area contributed by atoms with Gasteiger partial charge in [-0.25, -0.2) is 0 Å². The van der Waals surface area contributed by atoms with Gasteiger partial charge in [-0.05, 0) is 55.7 Å². The zero-order valence-corrected chi connectivity index (χ0v) is 22.1. The number of hydrogen-bond acceptors (Lipinski definition) is 3. The summed E-state index contributed by atoms with van der Waals surface area (Å²) in [7, 11) is 3.54. The molecule has 0 radical (unpaired) electrons. The first-order chi connectivity index (χ1) is 15.0. The maximum absolute atomic E-state index is 12.2. The van der Waals surface area contributed by atoms with E-state index in [1.165, 1.54) is 0 Å². The quantitative estimate of drug-likeness (QED) is 0.300. The van der Waals surface area contributed by atoms with Gasteiger partial charge in [-0.2, -0.15) is 0 Å². The molecule has 1 aliphatic heterocycles. The lowest BCUT2D eigenvalue weighted by Crippen LogP contribution is -2.44. The van der Waals surface area contributed by atoms with Gasteiger partial charge in [0, 0.05) is 62.6 Å². The Balaban J connectivity index is 0.00000363. The molecule has 0 saturated carbocycles. The highest BCUT2D eigenvalue weighted by atomic mass is 127. The number of aliphatic imine (C=N–C) groups is 1. The van der Waals surface area contributed by atoms with Crippen molar-refractivity contribution < 1.29 is 4.79 Å². The predicted molar refractivity (Wildman–Crippen MR) is 145 cm³/mol. The summed E-state index contributed by atoms with van der Waals surface area (Å²) in [6, 6.07) is 16.1. The fraction of sp³-hybridized carbons (Fsp3) is 0.417. The van der Waals surface area contributed by atoms with E-state index in [1.54, 1.807) is 19.0 Å². The van der Waals surface area contributed by atoms with Crippen molar-refractivity contribution in [2.75, 3.05) is 45.2 Å². The van der Waals surface area contributed by atoms with E-state index < -0.39 is 0 Å². The Morgan fingerprint density at radius 3 is 2.72 bits per heavy atom. The molecule has 2 N–H and O–H groups in total. The van der Waals surface area contributed by atoms with Crippen molar-refractivity contribution in [3.63, 3.8) is 0 Å². The smallest absolute Gasteiger partial charge is 0.253 e. The van der Waals surface area contributed by atoms with E-state index in [4.69, 9.17) is 16.6 Å². The van der Waals surface area contributed by atoms with Gasteiger partial charge in [-0.3, -0.25) is 9.79 Å². The molecule has 1 aliphatic rings. The van der Waals surface area contributed by atoms with Gasteiger partial charge >= 0.3 is 0 Å². The van der Waals surface area contributed by atoms with Crippen molar-refractivity contribution in [1.82, 2.24) is 15.5 Å². The van der Waals surface area contributed by atoms with Crippen LogP contribution >= 0.6 is 35.6 Å². The second-order valence-electron chi connectivity index (χ2n) is 7.97. The minimum Gasteiger partial charge on any atom is -0.369 e. The first-order valence-electron chi connectivity index (χ1n) is 10.8. The van der Waals surface area contributed by atoms with Crippen LogP contribution in [0.5, 0.6) is 0 Å². The predicted octanol–water partition coefficient (Wildman–Crippen LogP) is 4.04. The topological polar surface area (TPSA) is 60.0 Å². The Labute approximate surface area is 213 Å². The molecular formula is C24H33ClIN5O. The van der Waals surface area contributed by atoms with Gasteiger partial charge in [-0.15, -0.1) is 24.0 Å². The third kappa shape index (κ3) is 7.55. The summed E-state index contributed by atoms with van der Waals surface area (Å²) in [5, 5.41) is 7.67. The van der Waals surface area contributed by atoms with Gasteiger partial charge in [0.2, 0.25) is 0 Å². The van der Waals surface area contributed by atoms with Crippen LogP contribution in [-0.4, -0.2) is 63.1 Å². The standard InChI is InChI=1S/C24H32ClN5O.HI/c1-4-26-24(27-13-11-18-7-5-8-19(15-18)23(31)29(2)3)28-21-12-14-30(17-21)22-10-6-9-20(25)16-22;/h5-10,15-16,21H,4,11-14,17H2,1-3H3,(H2,26,27,28);1H. The molecule has 32 heavy (non-hydrogen) atoms. The van der Waals surface area contributed by atoms with Crippen molar-refractivity contribution in [2.45, 2.75) is 25.8 Å². The minimum atomic E-state index is 0. The van der Waals surface area contributed by atoms with E-state index in [0.717, 1.165) is 54.7 Å². The number of anilines is 1. The molecule has 2 aromatic rings. The second kappa shape index (κ2) is 12.9. The molecular weight excluding hydrogens is 537 g/mol. The van der Waals surface area contributed by atoms with Crippen LogP contribution in [0.2, 0.25) is 5.02 Å². The van der Waals surface area contributed by atoms with Crippen LogP contribution in [0.15, 0.2) is 53.5 Å². The number of carbonyl (C=O) groups is 1. The number of guanidine groups is 1. The summed E-state index contributed by atoms with van der Waals surface area (Å²) >= 11 is 6.14. The molecule has 1 unspecified atom stereocenters. The molecule has 0 bridgehead atoms. The number of nitrogens with zero attached hydrogens (tertiary/aromatic N) is 3. The van der Waals surface area contributed by atoms with Crippen molar-refractivity contribution in [2.24, 2.45) is 4.99 Å². The Bertz CT molecular complexity index is 921. The van der Waals surface area contributed by atoms with Gasteiger partial charge in [-0.1, -0.05) is 29.8 Å². The first kappa shape index (κ1) is 26.3. The number of carbonyl (C=O) groups excluding carboxylic acids is 1. The zero-order valence-electron chi connectivity index (χ0n) is 19.0. The minimum absolute atomic E-state index is 0. The normalized spacial score (nSPS) is 15.8. The summed E-state index contributed by atoms with van der Waals surface area (Å²) in [6.45, 7) is 5.44. The van der Waals surface area contributed by atoms with Crippen molar-refractivity contribution in [1.29, 1.82) is 0 Å². The van der Waals surface area contributed by atoms with E-state index in [0.29, 0.717) is 18.2 Å². The second-order valence-corrected chi connectivity index (χ2v) is 8.40. The van der Waals surface area contributed by atoms with Crippen molar-refractivity contribution >= 4 is 53.1 Å². The molecule has 1 fully saturated rings. The molecule has 0 aromatic heterocycles. The van der Waals surface area contributed by atoms with Gasteiger partial charge in [0.15, 0.2) is 5.96 Å². The number of benzene rings is 2. The highest BCUT2D eigenvalue weighted by molar-refractivity contribution is 14.0. The molecule has 1 saturated heterocycles. The van der Waals surface area contributed by atoms with Crippen LogP contribution < -0.4 is 15.5 Å². The summed E-state index contributed by atoms with van der Waals surface area (Å²) in [5.41, 5.74) is 2.98. The first-order valence-corrected chi connectivity index (χ1v) is 11.2. The molecule has 2 aromatic carbocycles. The van der Waals surface area contributed by atoms with Crippen LogP contribution in [0.3, 0.4) is 0 Å². The Morgan fingerprint density at radius 1 is 1.22 bits per heavy atom. The van der Waals surface area contributed by atoms with Crippen LogP contribution in [0.25, 0.3) is 0 Å². The molecule has 0 aliphatic carbocycles. The average Bonchev–Trinajstić information content (AvgIpc) is 3.22. The summed E-state index contributed by atoms with van der Waals surface area (Å²) < 4.78 is 0. The van der Waals surface area contributed by atoms with Crippen LogP contribution in [0.1, 0.15) is 29.3 Å². The van der Waals surface area contributed by atoms with Gasteiger partial charge in [0.05, 0.1) is 0 Å². The number of amides is 1. The Kier molecular flexibility index (Phi) is 10.6. The molecule has 1 heterocycles. The summed E-state index contributed by atoms with van der Waals surface area (Å²) in [6.07, 6.45) is 1.83. The highest BCUT2D eigenvalue weighted by Gasteiger charge is 2.23. The molecule has 174 valence electrons. The van der Waals surface area contributed by atoms with Crippen molar-refractivity contribution in [3.8, 4) is 0 Å². The van der Waals surface area contributed by atoms with E-state index >= 15 is 0 Å². The van der Waals surface area contributed by atoms with Crippen molar-refractivity contribution in [3.05, 3.63) is 64.7 Å². The third-order valence-electron chi connectivity index (χ3n) is 5.30. The number of hydrogen-bond donors (Lipinski definition) is 2. The lowest BCUT2D eigenvalue weighted by atomic mass is 10.1. The maximum atomic E-state index is 12.2. The van der Waals surface area contributed by atoms with Gasteiger partial charge < -0.3 is 20.4 Å². The maximum Gasteiger partial charge on any atom is 0.253 e.